The largest absolute Gasteiger partial charge is 0.416 e. The summed E-state index contributed by atoms with van der Waals surface area (Å²) in [5.41, 5.74) is 0.645. The average molecular weight is 390 g/mol. The maximum Gasteiger partial charge on any atom is 0.416 e. The van der Waals surface area contributed by atoms with Crippen molar-refractivity contribution in [2.75, 3.05) is 0 Å². The molecule has 28 heavy (non-hydrogen) atoms. The number of amides is 1. The number of fused-ring (bicyclic) bond motifs is 1. The van der Waals surface area contributed by atoms with Crippen molar-refractivity contribution < 1.29 is 18.0 Å². The van der Waals surface area contributed by atoms with Crippen LogP contribution in [-0.4, -0.2) is 42.0 Å². The zero-order chi connectivity index (χ0) is 20.1. The van der Waals surface area contributed by atoms with Crippen LogP contribution in [0.2, 0.25) is 0 Å². The number of hydrogen-bond acceptors (Lipinski definition) is 4. The van der Waals surface area contributed by atoms with Crippen LogP contribution in [0, 0.1) is 6.92 Å². The molecule has 1 aliphatic heterocycles. The third-order valence-electron chi connectivity index (χ3n) is 5.03. The van der Waals surface area contributed by atoms with Crippen LogP contribution in [0.25, 0.3) is 5.82 Å². The van der Waals surface area contributed by atoms with Gasteiger partial charge in [-0.05, 0) is 31.5 Å². The summed E-state index contributed by atoms with van der Waals surface area (Å²) in [7, 11) is 0. The minimum absolute atomic E-state index is 0.0473. The summed E-state index contributed by atoms with van der Waals surface area (Å²) in [6.45, 7) is 3.36. The van der Waals surface area contributed by atoms with E-state index in [1.54, 1.807) is 16.9 Å². The summed E-state index contributed by atoms with van der Waals surface area (Å²) >= 11 is 0. The number of nitrogens with one attached hydrogen (secondary N) is 1. The fraction of sp³-hybridized carbons (Fsp3) is 0.333. The van der Waals surface area contributed by atoms with Crippen molar-refractivity contribution in [2.45, 2.75) is 39.0 Å². The Bertz CT molecular complexity index is 1020. The van der Waals surface area contributed by atoms with E-state index in [0.717, 1.165) is 11.8 Å². The highest BCUT2D eigenvalue weighted by Gasteiger charge is 2.36. The summed E-state index contributed by atoms with van der Waals surface area (Å²) in [5, 5.41) is 15.0. The minimum atomic E-state index is -4.51. The van der Waals surface area contributed by atoms with E-state index in [1.165, 1.54) is 24.0 Å². The van der Waals surface area contributed by atoms with Gasteiger partial charge in [0.25, 0.3) is 5.91 Å². The Hall–Kier alpha value is -3.17. The van der Waals surface area contributed by atoms with Crippen molar-refractivity contribution in [1.29, 1.82) is 0 Å². The van der Waals surface area contributed by atoms with Crippen LogP contribution in [0.4, 0.5) is 13.2 Å². The van der Waals surface area contributed by atoms with Gasteiger partial charge in [-0.1, -0.05) is 11.3 Å². The predicted molar refractivity (Wildman–Crippen MR) is 92.7 cm³/mol. The van der Waals surface area contributed by atoms with Crippen LogP contribution in [0.5, 0.6) is 0 Å². The molecular weight excluding hydrogens is 373 g/mol. The van der Waals surface area contributed by atoms with Crippen molar-refractivity contribution >= 4 is 5.91 Å². The van der Waals surface area contributed by atoms with E-state index in [0.29, 0.717) is 17.9 Å². The second-order valence-electron chi connectivity index (χ2n) is 6.80. The standard InChI is InChI=1S/C18H17F3N6O/c1-10-8-15-14(23-25-27(15)16-6-7-22-24-16)9-26(10)17(28)12-4-3-5-13(11(12)2)18(19,20)21/h3-7,10H,8-9H2,1-2H3,(H,22,24)/t10-/m0/s1. The van der Waals surface area contributed by atoms with E-state index in [-0.39, 0.29) is 23.7 Å². The zero-order valence-electron chi connectivity index (χ0n) is 15.2. The first kappa shape index (κ1) is 18.2. The monoisotopic (exact) mass is 390 g/mol. The fourth-order valence-corrected chi connectivity index (χ4v) is 3.53. The van der Waals surface area contributed by atoms with Crippen LogP contribution in [0.15, 0.2) is 30.5 Å². The Balaban J connectivity index is 1.66. The van der Waals surface area contributed by atoms with Crippen LogP contribution in [-0.2, 0) is 19.1 Å². The molecule has 0 saturated heterocycles. The first-order valence-electron chi connectivity index (χ1n) is 8.68. The first-order valence-corrected chi connectivity index (χ1v) is 8.68. The Morgan fingerprint density at radius 3 is 2.75 bits per heavy atom. The molecule has 1 atom stereocenters. The molecule has 1 aromatic carbocycles. The van der Waals surface area contributed by atoms with Gasteiger partial charge in [-0.15, -0.1) is 5.10 Å². The molecule has 0 bridgehead atoms. The van der Waals surface area contributed by atoms with E-state index in [4.69, 9.17) is 0 Å². The number of hydrogen-bond donors (Lipinski definition) is 1. The quantitative estimate of drug-likeness (QED) is 0.730. The molecule has 0 saturated carbocycles. The highest BCUT2D eigenvalue weighted by molar-refractivity contribution is 5.96. The molecule has 1 N–H and O–H groups in total. The van der Waals surface area contributed by atoms with Crippen LogP contribution < -0.4 is 0 Å². The number of alkyl halides is 3. The van der Waals surface area contributed by atoms with Crippen LogP contribution in [0.3, 0.4) is 0 Å². The van der Waals surface area contributed by atoms with E-state index >= 15 is 0 Å². The summed E-state index contributed by atoms with van der Waals surface area (Å²) < 4.78 is 41.2. The number of carbonyl (C=O) groups is 1. The van der Waals surface area contributed by atoms with Crippen molar-refractivity contribution in [3.63, 3.8) is 0 Å². The number of aromatic amines is 1. The number of carbonyl (C=O) groups excluding carboxylic acids is 1. The molecule has 3 heterocycles. The van der Waals surface area contributed by atoms with Gasteiger partial charge in [0, 0.05) is 24.1 Å². The highest BCUT2D eigenvalue weighted by Crippen LogP contribution is 2.34. The second-order valence-corrected chi connectivity index (χ2v) is 6.80. The molecule has 3 aromatic rings. The van der Waals surface area contributed by atoms with Crippen LogP contribution >= 0.6 is 0 Å². The molecule has 1 aliphatic rings. The van der Waals surface area contributed by atoms with Gasteiger partial charge in [0.2, 0.25) is 0 Å². The van der Waals surface area contributed by atoms with Crippen LogP contribution in [0.1, 0.15) is 39.8 Å². The van der Waals surface area contributed by atoms with Gasteiger partial charge in [-0.3, -0.25) is 9.89 Å². The number of nitrogens with zero attached hydrogens (tertiary/aromatic N) is 5. The van der Waals surface area contributed by atoms with Crippen molar-refractivity contribution in [3.05, 3.63) is 58.5 Å². The normalized spacial score (nSPS) is 16.9. The minimum Gasteiger partial charge on any atom is -0.329 e. The number of halogens is 3. The maximum absolute atomic E-state index is 13.2. The molecule has 7 nitrogen and oxygen atoms in total. The fourth-order valence-electron chi connectivity index (χ4n) is 3.53. The van der Waals surface area contributed by atoms with Gasteiger partial charge in [0.05, 0.1) is 24.0 Å². The summed E-state index contributed by atoms with van der Waals surface area (Å²) in [6.07, 6.45) is -2.43. The number of aromatic nitrogens is 5. The Kier molecular flexibility index (Phi) is 4.20. The van der Waals surface area contributed by atoms with Gasteiger partial charge in [-0.2, -0.15) is 23.0 Å². The average Bonchev–Trinajstić information content (AvgIpc) is 3.28. The van der Waals surface area contributed by atoms with Gasteiger partial charge in [0.1, 0.15) is 5.69 Å². The maximum atomic E-state index is 13.2. The topological polar surface area (TPSA) is 79.7 Å². The molecule has 0 aliphatic carbocycles. The second kappa shape index (κ2) is 6.47. The molecule has 146 valence electrons. The highest BCUT2D eigenvalue weighted by atomic mass is 19.4. The third kappa shape index (κ3) is 2.94. The number of benzene rings is 1. The number of rotatable bonds is 2. The molecule has 0 spiro atoms. The van der Waals surface area contributed by atoms with E-state index in [2.05, 4.69) is 20.5 Å². The first-order chi connectivity index (χ1) is 13.3. The summed E-state index contributed by atoms with van der Waals surface area (Å²) in [5.74, 6) is 0.215. The lowest BCUT2D eigenvalue weighted by molar-refractivity contribution is -0.138. The molecule has 2 aromatic heterocycles. The lowest BCUT2D eigenvalue weighted by atomic mass is 9.98. The summed E-state index contributed by atoms with van der Waals surface area (Å²) in [4.78, 5) is 14.6. The predicted octanol–water partition coefficient (Wildman–Crippen LogP) is 2.90. The molecule has 4 rings (SSSR count). The van der Waals surface area contributed by atoms with Gasteiger partial charge in [0.15, 0.2) is 5.82 Å². The molecule has 0 unspecified atom stereocenters. The lowest BCUT2D eigenvalue weighted by Gasteiger charge is -2.33. The zero-order valence-corrected chi connectivity index (χ0v) is 15.2. The van der Waals surface area contributed by atoms with Crippen molar-refractivity contribution in [3.8, 4) is 5.82 Å². The lowest BCUT2D eigenvalue weighted by Crippen LogP contribution is -2.43. The Labute approximate surface area is 158 Å². The molecule has 10 heteroatoms. The van der Waals surface area contributed by atoms with Gasteiger partial charge >= 0.3 is 6.18 Å². The molecule has 0 radical (unpaired) electrons. The summed E-state index contributed by atoms with van der Waals surface area (Å²) in [6, 6.07) is 5.20. The van der Waals surface area contributed by atoms with Gasteiger partial charge in [-0.25, -0.2) is 0 Å². The van der Waals surface area contributed by atoms with E-state index < -0.39 is 17.6 Å². The van der Waals surface area contributed by atoms with Gasteiger partial charge < -0.3 is 4.90 Å². The molecule has 0 fully saturated rings. The number of H-pyrrole nitrogens is 1. The third-order valence-corrected chi connectivity index (χ3v) is 5.03. The smallest absolute Gasteiger partial charge is 0.329 e. The van der Waals surface area contributed by atoms with Crippen molar-refractivity contribution in [2.24, 2.45) is 0 Å². The van der Waals surface area contributed by atoms with E-state index in [9.17, 15) is 18.0 Å². The van der Waals surface area contributed by atoms with E-state index in [1.807, 2.05) is 6.92 Å². The Morgan fingerprint density at radius 1 is 1.29 bits per heavy atom. The molecule has 1 amide bonds. The van der Waals surface area contributed by atoms with Crippen molar-refractivity contribution in [1.82, 2.24) is 30.1 Å². The molecular formula is C18H17F3N6O. The SMILES string of the molecule is Cc1c(C(=O)N2Cc3nnn(-c4ccn[nH]4)c3C[C@@H]2C)cccc1C(F)(F)F. The Morgan fingerprint density at radius 2 is 2.07 bits per heavy atom.